The fourth-order valence-corrected chi connectivity index (χ4v) is 2.92. The summed E-state index contributed by atoms with van der Waals surface area (Å²) in [5.41, 5.74) is 1.99. The largest absolute Gasteiger partial charge is 0.467 e. The number of imidazole rings is 1. The third-order valence-electron chi connectivity index (χ3n) is 4.07. The number of hydrogen-bond donors (Lipinski definition) is 1. The van der Waals surface area contributed by atoms with Gasteiger partial charge in [0.25, 0.3) is 0 Å². The van der Waals surface area contributed by atoms with Gasteiger partial charge in [-0.2, -0.15) is 14.4 Å². The van der Waals surface area contributed by atoms with Crippen molar-refractivity contribution >= 4 is 17.0 Å². The number of nitrogens with one attached hydrogen (secondary N) is 1. The minimum atomic E-state index is -0.793. The molecule has 0 aliphatic carbocycles. The summed E-state index contributed by atoms with van der Waals surface area (Å²) in [6, 6.07) is 1.91. The Morgan fingerprint density at radius 1 is 1.38 bits per heavy atom. The number of nitrogens with zero attached hydrogens (tertiary/aromatic N) is 4. The van der Waals surface area contributed by atoms with Crippen molar-refractivity contribution in [3.05, 3.63) is 36.1 Å². The topological polar surface area (TPSA) is 78.0 Å². The summed E-state index contributed by atoms with van der Waals surface area (Å²) in [5, 5.41) is 3.07. The van der Waals surface area contributed by atoms with Crippen molar-refractivity contribution in [1.29, 1.82) is 0 Å². The van der Waals surface area contributed by atoms with E-state index in [1.54, 1.807) is 17.2 Å². The van der Waals surface area contributed by atoms with E-state index in [1.807, 2.05) is 13.0 Å². The van der Waals surface area contributed by atoms with Crippen molar-refractivity contribution in [1.82, 2.24) is 19.5 Å². The Kier molecular flexibility index (Phi) is 3.89. The normalized spacial score (nSPS) is 18.2. The molecule has 1 saturated heterocycles. The van der Waals surface area contributed by atoms with Crippen LogP contribution in [0.25, 0.3) is 11.2 Å². The lowest BCUT2D eigenvalue weighted by Gasteiger charge is -2.23. The fourth-order valence-electron chi connectivity index (χ4n) is 2.92. The van der Waals surface area contributed by atoms with E-state index in [0.717, 1.165) is 30.6 Å². The molecule has 1 aliphatic rings. The van der Waals surface area contributed by atoms with Crippen LogP contribution in [0, 0.1) is 13.0 Å². The van der Waals surface area contributed by atoms with E-state index in [1.165, 1.54) is 0 Å². The summed E-state index contributed by atoms with van der Waals surface area (Å²) in [6.07, 6.45) is 5.34. The number of ether oxygens (including phenoxy) is 1. The van der Waals surface area contributed by atoms with Crippen molar-refractivity contribution in [3.63, 3.8) is 0 Å². The number of furan rings is 1. The maximum Gasteiger partial charge on any atom is 0.312 e. The van der Waals surface area contributed by atoms with Gasteiger partial charge >= 0.3 is 6.08 Å². The molecule has 4 heterocycles. The van der Waals surface area contributed by atoms with Gasteiger partial charge < -0.3 is 14.5 Å². The lowest BCUT2D eigenvalue weighted by atomic mass is 10.2. The number of fused-ring (bicyclic) bond motifs is 1. The van der Waals surface area contributed by atoms with Gasteiger partial charge in [0.2, 0.25) is 0 Å². The Hall–Kier alpha value is -2.48. The molecule has 24 heavy (non-hydrogen) atoms. The van der Waals surface area contributed by atoms with Crippen LogP contribution in [0.2, 0.25) is 0 Å². The highest BCUT2D eigenvalue weighted by Crippen LogP contribution is 2.27. The van der Waals surface area contributed by atoms with Gasteiger partial charge in [0, 0.05) is 6.61 Å². The van der Waals surface area contributed by atoms with Gasteiger partial charge in [0.15, 0.2) is 17.0 Å². The summed E-state index contributed by atoms with van der Waals surface area (Å²) in [4.78, 5) is 12.1. The molecule has 3 aromatic rings. The molecule has 1 unspecified atom stereocenters. The van der Waals surface area contributed by atoms with Crippen LogP contribution >= 0.6 is 0 Å². The Morgan fingerprint density at radius 3 is 3.04 bits per heavy atom. The lowest BCUT2D eigenvalue weighted by Crippen LogP contribution is -2.18. The van der Waals surface area contributed by atoms with Crippen molar-refractivity contribution in [3.8, 4) is 0 Å². The third-order valence-corrected chi connectivity index (χ3v) is 4.07. The number of rotatable bonds is 4. The maximum atomic E-state index is 13.9. The summed E-state index contributed by atoms with van der Waals surface area (Å²) >= 11 is 0. The number of hydrogen-bond acceptors (Lipinski definition) is 6. The van der Waals surface area contributed by atoms with Crippen LogP contribution in [0.3, 0.4) is 0 Å². The fraction of sp³-hybridized carbons (Fsp3) is 0.438. The molecule has 8 heteroatoms. The second-order valence-corrected chi connectivity index (χ2v) is 5.93. The predicted molar refractivity (Wildman–Crippen MR) is 84.9 cm³/mol. The van der Waals surface area contributed by atoms with E-state index in [0.29, 0.717) is 30.1 Å². The number of halogens is 1. The SMILES string of the molecule is Cc1coc(CNc2nc(F)nc3c2ncn3C2CCCCO2)c1. The molecule has 0 radical (unpaired) electrons. The van der Waals surface area contributed by atoms with E-state index in [9.17, 15) is 4.39 Å². The average molecular weight is 331 g/mol. The number of anilines is 1. The highest BCUT2D eigenvalue weighted by atomic mass is 19.1. The van der Waals surface area contributed by atoms with E-state index in [4.69, 9.17) is 9.15 Å². The van der Waals surface area contributed by atoms with E-state index < -0.39 is 6.08 Å². The first-order valence-electron chi connectivity index (χ1n) is 8.00. The lowest BCUT2D eigenvalue weighted by molar-refractivity contribution is -0.0298. The minimum absolute atomic E-state index is 0.154. The van der Waals surface area contributed by atoms with Crippen LogP contribution < -0.4 is 5.32 Å². The van der Waals surface area contributed by atoms with Crippen LogP contribution in [0.1, 0.15) is 36.8 Å². The molecule has 0 aromatic carbocycles. The van der Waals surface area contributed by atoms with E-state index >= 15 is 0 Å². The van der Waals surface area contributed by atoms with E-state index in [2.05, 4.69) is 20.3 Å². The summed E-state index contributed by atoms with van der Waals surface area (Å²) in [6.45, 7) is 3.04. The van der Waals surface area contributed by atoms with Gasteiger partial charge in [-0.3, -0.25) is 4.57 Å². The Morgan fingerprint density at radius 2 is 2.29 bits per heavy atom. The molecule has 0 spiro atoms. The molecule has 126 valence electrons. The van der Waals surface area contributed by atoms with Gasteiger partial charge in [-0.15, -0.1) is 0 Å². The van der Waals surface area contributed by atoms with Crippen molar-refractivity contribution in [2.75, 3.05) is 11.9 Å². The van der Waals surface area contributed by atoms with Gasteiger partial charge in [-0.1, -0.05) is 0 Å². The summed E-state index contributed by atoms with van der Waals surface area (Å²) in [7, 11) is 0. The molecule has 3 aromatic heterocycles. The zero-order valence-corrected chi connectivity index (χ0v) is 13.3. The molecule has 1 N–H and O–H groups in total. The number of aryl methyl sites for hydroxylation is 1. The van der Waals surface area contributed by atoms with Crippen molar-refractivity contribution in [2.45, 2.75) is 39.0 Å². The van der Waals surface area contributed by atoms with Crippen LogP contribution in [-0.4, -0.2) is 26.1 Å². The molecule has 1 fully saturated rings. The summed E-state index contributed by atoms with van der Waals surface area (Å²) in [5.74, 6) is 1.09. The highest BCUT2D eigenvalue weighted by Gasteiger charge is 2.21. The van der Waals surface area contributed by atoms with Gasteiger partial charge in [0.1, 0.15) is 12.0 Å². The minimum Gasteiger partial charge on any atom is -0.467 e. The van der Waals surface area contributed by atoms with Crippen LogP contribution in [0.4, 0.5) is 10.2 Å². The molecule has 1 atom stereocenters. The zero-order valence-electron chi connectivity index (χ0n) is 13.3. The van der Waals surface area contributed by atoms with Gasteiger partial charge in [-0.25, -0.2) is 4.98 Å². The quantitative estimate of drug-likeness (QED) is 0.740. The Labute approximate surface area is 137 Å². The second kappa shape index (κ2) is 6.20. The van der Waals surface area contributed by atoms with Crippen LogP contribution in [0.15, 0.2) is 23.1 Å². The maximum absolute atomic E-state index is 13.9. The summed E-state index contributed by atoms with van der Waals surface area (Å²) < 4.78 is 26.8. The average Bonchev–Trinajstić information content (AvgIpc) is 3.19. The van der Waals surface area contributed by atoms with Crippen LogP contribution in [-0.2, 0) is 11.3 Å². The van der Waals surface area contributed by atoms with Crippen LogP contribution in [0.5, 0.6) is 0 Å². The smallest absolute Gasteiger partial charge is 0.312 e. The second-order valence-electron chi connectivity index (χ2n) is 5.93. The molecule has 1 aliphatic heterocycles. The third kappa shape index (κ3) is 2.84. The first kappa shape index (κ1) is 15.1. The molecule has 7 nitrogen and oxygen atoms in total. The molecular formula is C16H18FN5O2. The van der Waals surface area contributed by atoms with Crippen molar-refractivity contribution < 1.29 is 13.5 Å². The molecule has 0 amide bonds. The zero-order chi connectivity index (χ0) is 16.5. The highest BCUT2D eigenvalue weighted by molar-refractivity contribution is 5.82. The first-order chi connectivity index (χ1) is 11.7. The van der Waals surface area contributed by atoms with Gasteiger partial charge in [-0.05, 0) is 37.8 Å². The Bertz CT molecular complexity index is 853. The standard InChI is InChI=1S/C16H18FN5O2/c1-10-6-11(24-8-10)7-18-14-13-15(21-16(17)20-14)22(9-19-13)12-4-2-3-5-23-12/h6,8-9,12H,2-5,7H2,1H3,(H,18,20,21). The van der Waals surface area contributed by atoms with Gasteiger partial charge in [0.05, 0.1) is 19.1 Å². The van der Waals surface area contributed by atoms with E-state index in [-0.39, 0.29) is 6.23 Å². The molecule has 0 saturated carbocycles. The molecular weight excluding hydrogens is 313 g/mol. The number of aromatic nitrogens is 4. The van der Waals surface area contributed by atoms with Crippen molar-refractivity contribution in [2.24, 2.45) is 0 Å². The Balaban J connectivity index is 1.64. The monoisotopic (exact) mass is 331 g/mol. The molecule has 0 bridgehead atoms. The first-order valence-corrected chi connectivity index (χ1v) is 8.00. The molecule has 4 rings (SSSR count). The predicted octanol–water partition coefficient (Wildman–Crippen LogP) is 3.18.